The molecule has 0 saturated carbocycles. The summed E-state index contributed by atoms with van der Waals surface area (Å²) >= 11 is 0. The van der Waals surface area contributed by atoms with Crippen LogP contribution in [-0.4, -0.2) is 65.5 Å². The van der Waals surface area contributed by atoms with Gasteiger partial charge in [0, 0.05) is 50.0 Å². The minimum absolute atomic E-state index is 0.0574. The van der Waals surface area contributed by atoms with E-state index < -0.39 is 0 Å². The van der Waals surface area contributed by atoms with Crippen LogP contribution in [0.1, 0.15) is 21.6 Å². The molecule has 0 N–H and O–H groups in total. The van der Waals surface area contributed by atoms with Crippen molar-refractivity contribution in [1.82, 2.24) is 19.2 Å². The molecule has 3 heterocycles. The molecule has 3 aromatic carbocycles. The van der Waals surface area contributed by atoms with Crippen molar-refractivity contribution >= 4 is 11.6 Å². The number of ether oxygens (including phenoxy) is 2. The summed E-state index contributed by atoms with van der Waals surface area (Å²) < 4.78 is 13.0. The lowest BCUT2D eigenvalue weighted by atomic mass is 10.1. The Bertz CT molecular complexity index is 1680. The lowest BCUT2D eigenvalue weighted by Crippen LogP contribution is -2.48. The van der Waals surface area contributed by atoms with Crippen LogP contribution < -0.4 is 9.47 Å². The SMILES string of the molecule is COc1ccc(C(=O)N2CCN(Cc3c(-c4cccc(OC)c4)nc4ccc(-c5cccc(C)c5)cn34)CC2)cc1. The zero-order valence-electron chi connectivity index (χ0n) is 23.7. The summed E-state index contributed by atoms with van der Waals surface area (Å²) in [6.07, 6.45) is 2.19. The second-order valence-corrected chi connectivity index (χ2v) is 10.5. The average Bonchev–Trinajstić information content (AvgIpc) is 3.38. The van der Waals surface area contributed by atoms with E-state index in [0.29, 0.717) is 18.7 Å². The number of pyridine rings is 1. The van der Waals surface area contributed by atoms with Crippen LogP contribution in [0.2, 0.25) is 0 Å². The Hall–Kier alpha value is -4.62. The third-order valence-electron chi connectivity index (χ3n) is 7.78. The number of carbonyl (C=O) groups excluding carboxylic acids is 1. The van der Waals surface area contributed by atoms with Gasteiger partial charge in [0.1, 0.15) is 17.1 Å². The molecule has 41 heavy (non-hydrogen) atoms. The number of nitrogens with zero attached hydrogens (tertiary/aromatic N) is 4. The van der Waals surface area contributed by atoms with Gasteiger partial charge >= 0.3 is 0 Å². The molecule has 0 atom stereocenters. The van der Waals surface area contributed by atoms with Crippen LogP contribution in [0.5, 0.6) is 11.5 Å². The Kier molecular flexibility index (Phi) is 7.44. The fourth-order valence-corrected chi connectivity index (χ4v) is 5.48. The van der Waals surface area contributed by atoms with Crippen molar-refractivity contribution in [2.45, 2.75) is 13.5 Å². The number of benzene rings is 3. The van der Waals surface area contributed by atoms with E-state index in [2.05, 4.69) is 64.9 Å². The van der Waals surface area contributed by atoms with Crippen LogP contribution in [-0.2, 0) is 6.54 Å². The Morgan fingerprint density at radius 3 is 2.24 bits per heavy atom. The van der Waals surface area contributed by atoms with Crippen LogP contribution in [0.25, 0.3) is 28.0 Å². The molecule has 1 fully saturated rings. The first kappa shape index (κ1) is 26.6. The van der Waals surface area contributed by atoms with Gasteiger partial charge in [0.05, 0.1) is 25.6 Å². The summed E-state index contributed by atoms with van der Waals surface area (Å²) in [6, 6.07) is 28.2. The predicted octanol–water partition coefficient (Wildman–Crippen LogP) is 5.95. The molecule has 0 spiro atoms. The Morgan fingerprint density at radius 2 is 1.51 bits per heavy atom. The number of hydrogen-bond donors (Lipinski definition) is 0. The molecular formula is C34H34N4O3. The monoisotopic (exact) mass is 546 g/mol. The summed E-state index contributed by atoms with van der Waals surface area (Å²) in [5.74, 6) is 1.61. The molecule has 208 valence electrons. The lowest BCUT2D eigenvalue weighted by molar-refractivity contribution is 0.0627. The van der Waals surface area contributed by atoms with Gasteiger partial charge in [-0.15, -0.1) is 0 Å². The van der Waals surface area contributed by atoms with Crippen molar-refractivity contribution < 1.29 is 14.3 Å². The van der Waals surface area contributed by atoms with Gasteiger partial charge in [-0.25, -0.2) is 4.98 Å². The van der Waals surface area contributed by atoms with E-state index in [4.69, 9.17) is 14.5 Å². The highest BCUT2D eigenvalue weighted by Gasteiger charge is 2.25. The van der Waals surface area contributed by atoms with Crippen LogP contribution >= 0.6 is 0 Å². The number of aromatic nitrogens is 2. The molecule has 1 aliphatic rings. The van der Waals surface area contributed by atoms with Crippen molar-refractivity contribution in [3.8, 4) is 33.9 Å². The molecule has 0 aliphatic carbocycles. The number of fused-ring (bicyclic) bond motifs is 1. The molecule has 6 rings (SSSR count). The zero-order valence-corrected chi connectivity index (χ0v) is 23.7. The number of rotatable bonds is 7. The van der Waals surface area contributed by atoms with E-state index in [1.807, 2.05) is 47.4 Å². The number of aryl methyl sites for hydroxylation is 1. The van der Waals surface area contributed by atoms with Gasteiger partial charge in [-0.05, 0) is 66.6 Å². The van der Waals surface area contributed by atoms with Gasteiger partial charge in [0.15, 0.2) is 0 Å². The third kappa shape index (κ3) is 5.54. The number of piperazine rings is 1. The largest absolute Gasteiger partial charge is 0.497 e. The fourth-order valence-electron chi connectivity index (χ4n) is 5.48. The minimum Gasteiger partial charge on any atom is -0.497 e. The van der Waals surface area contributed by atoms with Crippen molar-refractivity contribution in [2.75, 3.05) is 40.4 Å². The van der Waals surface area contributed by atoms with Gasteiger partial charge in [0.2, 0.25) is 0 Å². The molecule has 5 aromatic rings. The fraction of sp³-hybridized carbons (Fsp3) is 0.235. The van der Waals surface area contributed by atoms with Crippen molar-refractivity contribution in [3.63, 3.8) is 0 Å². The summed E-state index contributed by atoms with van der Waals surface area (Å²) in [6.45, 7) is 5.74. The Labute approximate surface area is 240 Å². The maximum absolute atomic E-state index is 13.1. The first-order valence-corrected chi connectivity index (χ1v) is 13.9. The molecule has 7 nitrogen and oxygen atoms in total. The van der Waals surface area contributed by atoms with E-state index in [0.717, 1.165) is 59.3 Å². The molecule has 0 radical (unpaired) electrons. The van der Waals surface area contributed by atoms with E-state index in [9.17, 15) is 4.79 Å². The molecular weight excluding hydrogens is 512 g/mol. The molecule has 1 saturated heterocycles. The summed E-state index contributed by atoms with van der Waals surface area (Å²) in [5, 5.41) is 0. The highest BCUT2D eigenvalue weighted by atomic mass is 16.5. The quantitative estimate of drug-likeness (QED) is 0.252. The normalized spacial score (nSPS) is 13.9. The smallest absolute Gasteiger partial charge is 0.253 e. The summed E-state index contributed by atoms with van der Waals surface area (Å²) in [5.41, 5.74) is 8.24. The maximum atomic E-state index is 13.1. The zero-order chi connectivity index (χ0) is 28.3. The van der Waals surface area contributed by atoms with E-state index in [1.54, 1.807) is 14.2 Å². The first-order chi connectivity index (χ1) is 20.0. The van der Waals surface area contributed by atoms with Gasteiger partial charge in [0.25, 0.3) is 5.91 Å². The van der Waals surface area contributed by atoms with E-state index in [1.165, 1.54) is 11.1 Å². The van der Waals surface area contributed by atoms with Gasteiger partial charge in [-0.3, -0.25) is 9.69 Å². The number of methoxy groups -OCH3 is 2. The van der Waals surface area contributed by atoms with E-state index >= 15 is 0 Å². The van der Waals surface area contributed by atoms with Crippen molar-refractivity contribution in [3.05, 3.63) is 108 Å². The standard InChI is InChI=1S/C34H34N4O3/c1-24-6-4-7-26(20-24)28-12-15-32-35-33(27-8-5-9-30(21-27)41-3)31(38(32)22-28)23-36-16-18-37(19-17-36)34(39)25-10-13-29(40-2)14-11-25/h4-15,20-22H,16-19,23H2,1-3H3. The highest BCUT2D eigenvalue weighted by Crippen LogP contribution is 2.31. The molecule has 1 amide bonds. The minimum atomic E-state index is 0.0574. The topological polar surface area (TPSA) is 59.3 Å². The van der Waals surface area contributed by atoms with Crippen molar-refractivity contribution in [1.29, 1.82) is 0 Å². The molecule has 7 heteroatoms. The predicted molar refractivity (Wildman–Crippen MR) is 162 cm³/mol. The Balaban J connectivity index is 1.29. The average molecular weight is 547 g/mol. The number of carbonyl (C=O) groups is 1. The summed E-state index contributed by atoms with van der Waals surface area (Å²) in [7, 11) is 3.31. The summed E-state index contributed by atoms with van der Waals surface area (Å²) in [4.78, 5) is 22.6. The second-order valence-electron chi connectivity index (χ2n) is 10.5. The maximum Gasteiger partial charge on any atom is 0.253 e. The third-order valence-corrected chi connectivity index (χ3v) is 7.78. The molecule has 1 aliphatic heterocycles. The molecule has 0 unspecified atom stereocenters. The Morgan fingerprint density at radius 1 is 0.780 bits per heavy atom. The van der Waals surface area contributed by atoms with Gasteiger partial charge in [-0.2, -0.15) is 0 Å². The number of imidazole rings is 1. The number of amides is 1. The van der Waals surface area contributed by atoms with Crippen LogP contribution in [0.15, 0.2) is 91.1 Å². The van der Waals surface area contributed by atoms with Gasteiger partial charge < -0.3 is 18.8 Å². The van der Waals surface area contributed by atoms with Crippen LogP contribution in [0.4, 0.5) is 0 Å². The van der Waals surface area contributed by atoms with Crippen LogP contribution in [0, 0.1) is 6.92 Å². The molecule has 0 bridgehead atoms. The lowest BCUT2D eigenvalue weighted by Gasteiger charge is -2.34. The number of hydrogen-bond acceptors (Lipinski definition) is 5. The highest BCUT2D eigenvalue weighted by molar-refractivity contribution is 5.94. The van der Waals surface area contributed by atoms with Crippen molar-refractivity contribution in [2.24, 2.45) is 0 Å². The first-order valence-electron chi connectivity index (χ1n) is 13.9. The van der Waals surface area contributed by atoms with E-state index in [-0.39, 0.29) is 5.91 Å². The molecule has 2 aromatic heterocycles. The second kappa shape index (κ2) is 11.5. The van der Waals surface area contributed by atoms with Crippen LogP contribution in [0.3, 0.4) is 0 Å². The van der Waals surface area contributed by atoms with Gasteiger partial charge in [-0.1, -0.05) is 42.0 Å².